The summed E-state index contributed by atoms with van der Waals surface area (Å²) in [6.45, 7) is 13.0. The molecule has 4 heteroatoms. The molecule has 2 saturated heterocycles. The first-order valence-corrected chi connectivity index (χ1v) is 10.1. The van der Waals surface area contributed by atoms with Gasteiger partial charge in [0.05, 0.1) is 11.2 Å². The number of hydrogen-bond donors (Lipinski definition) is 1. The smallest absolute Gasteiger partial charge is 0.400 e. The highest BCUT2D eigenvalue weighted by Crippen LogP contribution is 2.37. The topological polar surface area (TPSA) is 30.5 Å². The van der Waals surface area contributed by atoms with Crippen molar-refractivity contribution in [1.29, 1.82) is 0 Å². The summed E-state index contributed by atoms with van der Waals surface area (Å²) in [5.74, 6) is 3.43. The molecule has 2 unspecified atom stereocenters. The number of benzene rings is 1. The first kappa shape index (κ1) is 19.7. The summed E-state index contributed by atoms with van der Waals surface area (Å²) in [7, 11) is -0.280. The van der Waals surface area contributed by atoms with Crippen LogP contribution in [0.1, 0.15) is 70.9 Å². The maximum absolute atomic E-state index is 6.02. The first-order valence-electron chi connectivity index (χ1n) is 10.1. The van der Waals surface area contributed by atoms with E-state index in [0.29, 0.717) is 5.92 Å². The second-order valence-corrected chi connectivity index (χ2v) is 8.88. The third kappa shape index (κ3) is 4.41. The first-order chi connectivity index (χ1) is 12.3. The maximum atomic E-state index is 6.02. The van der Waals surface area contributed by atoms with Gasteiger partial charge in [-0.2, -0.15) is 0 Å². The van der Waals surface area contributed by atoms with E-state index in [1.807, 2.05) is 5.98 Å². The maximum Gasteiger partial charge on any atom is 0.487 e. The number of hydrogen-bond acceptors (Lipinski definition) is 3. The van der Waals surface area contributed by atoms with Gasteiger partial charge in [0.15, 0.2) is 0 Å². The Labute approximate surface area is 159 Å². The van der Waals surface area contributed by atoms with Crippen LogP contribution in [0.4, 0.5) is 0 Å². The van der Waals surface area contributed by atoms with Crippen LogP contribution in [0.15, 0.2) is 30.2 Å². The Kier molecular flexibility index (Phi) is 5.96. The van der Waals surface area contributed by atoms with Crippen molar-refractivity contribution < 1.29 is 9.31 Å². The number of rotatable bonds is 4. The predicted molar refractivity (Wildman–Crippen MR) is 110 cm³/mol. The highest BCUT2D eigenvalue weighted by atomic mass is 16.7. The van der Waals surface area contributed by atoms with Crippen molar-refractivity contribution in [2.75, 3.05) is 13.1 Å². The highest BCUT2D eigenvalue weighted by molar-refractivity contribution is 6.52. The molecule has 2 heterocycles. The molecule has 2 aliphatic heterocycles. The van der Waals surface area contributed by atoms with E-state index in [1.165, 1.54) is 36.9 Å². The van der Waals surface area contributed by atoms with Crippen LogP contribution in [0.25, 0.3) is 6.08 Å². The van der Waals surface area contributed by atoms with Gasteiger partial charge in [0.25, 0.3) is 0 Å². The van der Waals surface area contributed by atoms with Crippen molar-refractivity contribution in [3.05, 3.63) is 41.4 Å². The summed E-state index contributed by atoms with van der Waals surface area (Å²) in [6, 6.07) is 8.99. The van der Waals surface area contributed by atoms with Crippen LogP contribution in [-0.2, 0) is 9.31 Å². The van der Waals surface area contributed by atoms with E-state index in [1.54, 1.807) is 0 Å². The van der Waals surface area contributed by atoms with Gasteiger partial charge in [0, 0.05) is 0 Å². The van der Waals surface area contributed by atoms with E-state index in [9.17, 15) is 0 Å². The lowest BCUT2D eigenvalue weighted by Gasteiger charge is -2.32. The molecule has 2 atom stereocenters. The molecular formula is C22H34BNO2. The van der Waals surface area contributed by atoms with Crippen molar-refractivity contribution in [2.24, 2.45) is 5.92 Å². The van der Waals surface area contributed by atoms with Gasteiger partial charge < -0.3 is 14.6 Å². The molecule has 2 aliphatic rings. The van der Waals surface area contributed by atoms with E-state index >= 15 is 0 Å². The average Bonchev–Trinajstić information content (AvgIpc) is 2.80. The highest BCUT2D eigenvalue weighted by Gasteiger charge is 2.49. The second kappa shape index (κ2) is 7.88. The normalized spacial score (nSPS) is 26.8. The van der Waals surface area contributed by atoms with Crippen LogP contribution in [0.2, 0.25) is 0 Å². The lowest BCUT2D eigenvalue weighted by atomic mass is 9.82. The fraction of sp³-hybridized carbons (Fsp3) is 0.636. The zero-order valence-electron chi connectivity index (χ0n) is 17.0. The minimum absolute atomic E-state index is 0.280. The van der Waals surface area contributed by atoms with Gasteiger partial charge in [-0.05, 0) is 83.0 Å². The Morgan fingerprint density at radius 3 is 2.35 bits per heavy atom. The monoisotopic (exact) mass is 355 g/mol. The second-order valence-electron chi connectivity index (χ2n) is 8.88. The Balaban J connectivity index is 1.61. The Morgan fingerprint density at radius 1 is 1.04 bits per heavy atom. The molecule has 0 amide bonds. The molecule has 0 saturated carbocycles. The summed E-state index contributed by atoms with van der Waals surface area (Å²) in [4.78, 5) is 0. The van der Waals surface area contributed by atoms with Crippen LogP contribution in [0.5, 0.6) is 0 Å². The molecule has 26 heavy (non-hydrogen) atoms. The molecule has 0 radical (unpaired) electrons. The van der Waals surface area contributed by atoms with Crippen molar-refractivity contribution in [3.8, 4) is 0 Å². The van der Waals surface area contributed by atoms with Crippen LogP contribution in [-0.4, -0.2) is 31.4 Å². The Morgan fingerprint density at radius 2 is 1.69 bits per heavy atom. The van der Waals surface area contributed by atoms with Gasteiger partial charge in [0.2, 0.25) is 0 Å². The van der Waals surface area contributed by atoms with Gasteiger partial charge in [-0.1, -0.05) is 43.2 Å². The quantitative estimate of drug-likeness (QED) is 0.785. The van der Waals surface area contributed by atoms with Crippen molar-refractivity contribution >= 4 is 13.2 Å². The van der Waals surface area contributed by atoms with Crippen LogP contribution in [0.3, 0.4) is 0 Å². The van der Waals surface area contributed by atoms with Crippen molar-refractivity contribution in [1.82, 2.24) is 5.32 Å². The zero-order valence-corrected chi connectivity index (χ0v) is 17.0. The van der Waals surface area contributed by atoms with Crippen LogP contribution < -0.4 is 5.32 Å². The third-order valence-corrected chi connectivity index (χ3v) is 6.51. The van der Waals surface area contributed by atoms with Gasteiger partial charge in [-0.25, -0.2) is 0 Å². The molecule has 3 nitrogen and oxygen atoms in total. The van der Waals surface area contributed by atoms with Crippen LogP contribution in [0, 0.1) is 5.92 Å². The fourth-order valence-corrected chi connectivity index (χ4v) is 3.89. The van der Waals surface area contributed by atoms with Gasteiger partial charge >= 0.3 is 7.12 Å². The van der Waals surface area contributed by atoms with Gasteiger partial charge in [-0.15, -0.1) is 0 Å². The van der Waals surface area contributed by atoms with E-state index in [2.05, 4.69) is 70.3 Å². The van der Waals surface area contributed by atoms with Crippen LogP contribution >= 0.6 is 0 Å². The Hall–Kier alpha value is -1.10. The molecule has 0 bridgehead atoms. The largest absolute Gasteiger partial charge is 0.487 e. The van der Waals surface area contributed by atoms with Gasteiger partial charge in [-0.3, -0.25) is 0 Å². The van der Waals surface area contributed by atoms with E-state index in [4.69, 9.17) is 9.31 Å². The van der Waals surface area contributed by atoms with E-state index in [-0.39, 0.29) is 18.3 Å². The molecule has 1 aromatic carbocycles. The molecule has 142 valence electrons. The Bertz CT molecular complexity index is 600. The zero-order chi connectivity index (χ0) is 18.8. The summed E-state index contributed by atoms with van der Waals surface area (Å²) in [5.41, 5.74) is 2.08. The molecule has 0 spiro atoms. The fourth-order valence-electron chi connectivity index (χ4n) is 3.89. The molecule has 2 fully saturated rings. The molecule has 0 aliphatic carbocycles. The van der Waals surface area contributed by atoms with Crippen molar-refractivity contribution in [2.45, 2.75) is 71.0 Å². The average molecular weight is 355 g/mol. The SMILES string of the molecule is CC(c1ccc(C=CB2OC(C)(C)C(C)(C)O2)cc1)C1CCCNCC1. The molecule has 3 rings (SSSR count). The minimum atomic E-state index is -0.283. The van der Waals surface area contributed by atoms with E-state index in [0.717, 1.165) is 12.5 Å². The predicted octanol–water partition coefficient (Wildman–Crippen LogP) is 4.82. The van der Waals surface area contributed by atoms with Gasteiger partial charge in [0.1, 0.15) is 0 Å². The summed E-state index contributed by atoms with van der Waals surface area (Å²) in [5, 5.41) is 3.51. The summed E-state index contributed by atoms with van der Waals surface area (Å²) < 4.78 is 12.0. The minimum Gasteiger partial charge on any atom is -0.400 e. The molecule has 0 aromatic heterocycles. The molecule has 1 N–H and O–H groups in total. The van der Waals surface area contributed by atoms with E-state index < -0.39 is 0 Å². The lowest BCUT2D eigenvalue weighted by Crippen LogP contribution is -2.41. The molecular weight excluding hydrogens is 321 g/mol. The molecule has 1 aromatic rings. The summed E-state index contributed by atoms with van der Waals surface area (Å²) in [6.07, 6.45) is 6.01. The summed E-state index contributed by atoms with van der Waals surface area (Å²) >= 11 is 0. The standard InChI is InChI=1S/C22H34BNO2/c1-17(19-7-6-15-24-16-13-19)20-10-8-18(9-11-20)12-14-23-25-21(2,3)22(4,5)26-23/h8-12,14,17,19,24H,6-7,13,15-16H2,1-5H3. The third-order valence-electron chi connectivity index (χ3n) is 6.51. The lowest BCUT2D eigenvalue weighted by molar-refractivity contribution is 0.00578. The van der Waals surface area contributed by atoms with Crippen molar-refractivity contribution in [3.63, 3.8) is 0 Å². The number of nitrogens with one attached hydrogen (secondary N) is 1.